The van der Waals surface area contributed by atoms with Crippen LogP contribution >= 0.6 is 11.5 Å². The van der Waals surface area contributed by atoms with Gasteiger partial charge in [-0.25, -0.2) is 4.39 Å². The topological polar surface area (TPSA) is 68.9 Å². The Hall–Kier alpha value is -1.82. The first kappa shape index (κ1) is 9.72. The third-order valence-corrected chi connectivity index (χ3v) is 2.57. The van der Waals surface area contributed by atoms with E-state index in [2.05, 4.69) is 9.59 Å². The van der Waals surface area contributed by atoms with E-state index in [0.717, 1.165) is 11.5 Å². The molecule has 1 heterocycles. The zero-order valence-corrected chi connectivity index (χ0v) is 8.29. The van der Waals surface area contributed by atoms with Gasteiger partial charge in [-0.1, -0.05) is 4.49 Å². The summed E-state index contributed by atoms with van der Waals surface area (Å²) in [4.78, 5) is 11.3. The number of nitrogens with two attached hydrogens (primary N) is 1. The highest BCUT2D eigenvalue weighted by atomic mass is 32.1. The number of halogens is 1. The summed E-state index contributed by atoms with van der Waals surface area (Å²) in [6.45, 7) is 0. The predicted octanol–water partition coefficient (Wildman–Crippen LogP) is 1.44. The molecule has 0 spiro atoms. The van der Waals surface area contributed by atoms with E-state index in [1.165, 1.54) is 24.3 Å². The van der Waals surface area contributed by atoms with Crippen LogP contribution in [0.15, 0.2) is 24.3 Å². The van der Waals surface area contributed by atoms with E-state index in [9.17, 15) is 9.18 Å². The number of carbonyl (C=O) groups excluding carboxylic acids is 1. The molecule has 0 aliphatic rings. The Bertz CT molecular complexity index is 494. The molecule has 2 aromatic rings. The van der Waals surface area contributed by atoms with Gasteiger partial charge < -0.3 is 5.73 Å². The van der Waals surface area contributed by atoms with Gasteiger partial charge in [0.2, 0.25) is 0 Å². The van der Waals surface area contributed by atoms with Crippen molar-refractivity contribution in [2.24, 2.45) is 5.73 Å². The molecule has 0 aliphatic carbocycles. The van der Waals surface area contributed by atoms with E-state index in [-0.39, 0.29) is 10.7 Å². The lowest BCUT2D eigenvalue weighted by atomic mass is 10.1. The third-order valence-electron chi connectivity index (χ3n) is 1.83. The molecule has 0 unspecified atom stereocenters. The molecule has 2 N–H and O–H groups in total. The standard InChI is InChI=1S/C9H6FN3OS/c10-6-3-1-5(2-4-6)7-8(9(11)14)15-13-12-7/h1-4H,(H2,11,14). The number of primary amides is 1. The van der Waals surface area contributed by atoms with Crippen LogP contribution in [0.3, 0.4) is 0 Å². The molecular formula is C9H6FN3OS. The van der Waals surface area contributed by atoms with E-state index in [1.807, 2.05) is 0 Å². The molecule has 6 heteroatoms. The summed E-state index contributed by atoms with van der Waals surface area (Å²) in [6.07, 6.45) is 0. The minimum absolute atomic E-state index is 0.279. The van der Waals surface area contributed by atoms with Gasteiger partial charge in [0.1, 0.15) is 16.4 Å². The third kappa shape index (κ3) is 1.84. The fourth-order valence-corrected chi connectivity index (χ4v) is 1.69. The zero-order valence-electron chi connectivity index (χ0n) is 7.48. The number of benzene rings is 1. The molecule has 0 saturated carbocycles. The Balaban J connectivity index is 2.49. The predicted molar refractivity (Wildman–Crippen MR) is 53.8 cm³/mol. The van der Waals surface area contributed by atoms with Gasteiger partial charge in [-0.3, -0.25) is 4.79 Å². The molecule has 2 rings (SSSR count). The number of nitrogens with zero attached hydrogens (tertiary/aromatic N) is 2. The van der Waals surface area contributed by atoms with Crippen molar-refractivity contribution in [1.82, 2.24) is 9.59 Å². The summed E-state index contributed by atoms with van der Waals surface area (Å²) >= 11 is 0.927. The van der Waals surface area contributed by atoms with Gasteiger partial charge in [-0.15, -0.1) is 5.10 Å². The Morgan fingerprint density at radius 3 is 2.60 bits per heavy atom. The Morgan fingerprint density at radius 2 is 2.00 bits per heavy atom. The molecule has 0 bridgehead atoms. The summed E-state index contributed by atoms with van der Waals surface area (Å²) < 4.78 is 16.3. The fourth-order valence-electron chi connectivity index (χ4n) is 1.15. The van der Waals surface area contributed by atoms with Gasteiger partial charge in [-0.2, -0.15) is 0 Å². The maximum Gasteiger partial charge on any atom is 0.262 e. The van der Waals surface area contributed by atoms with E-state index in [4.69, 9.17) is 5.73 Å². The van der Waals surface area contributed by atoms with Gasteiger partial charge in [-0.05, 0) is 35.8 Å². The van der Waals surface area contributed by atoms with Crippen molar-refractivity contribution in [3.63, 3.8) is 0 Å². The summed E-state index contributed by atoms with van der Waals surface area (Å²) in [7, 11) is 0. The van der Waals surface area contributed by atoms with Crippen LogP contribution < -0.4 is 5.73 Å². The summed E-state index contributed by atoms with van der Waals surface area (Å²) in [5, 5.41) is 3.78. The molecule has 0 atom stereocenters. The minimum atomic E-state index is -0.579. The van der Waals surface area contributed by atoms with Gasteiger partial charge >= 0.3 is 0 Å². The molecular weight excluding hydrogens is 217 g/mol. The lowest BCUT2D eigenvalue weighted by Gasteiger charge is -1.97. The van der Waals surface area contributed by atoms with E-state index in [0.29, 0.717) is 11.3 Å². The van der Waals surface area contributed by atoms with Crippen molar-refractivity contribution in [2.75, 3.05) is 0 Å². The van der Waals surface area contributed by atoms with Crippen LogP contribution in [-0.4, -0.2) is 15.5 Å². The maximum absolute atomic E-state index is 12.7. The highest BCUT2D eigenvalue weighted by Crippen LogP contribution is 2.23. The zero-order chi connectivity index (χ0) is 10.8. The second-order valence-corrected chi connectivity index (χ2v) is 3.58. The van der Waals surface area contributed by atoms with E-state index >= 15 is 0 Å². The highest BCUT2D eigenvalue weighted by Gasteiger charge is 2.14. The van der Waals surface area contributed by atoms with Crippen molar-refractivity contribution in [3.8, 4) is 11.3 Å². The van der Waals surface area contributed by atoms with Crippen LogP contribution in [0.1, 0.15) is 9.67 Å². The number of hydrogen-bond acceptors (Lipinski definition) is 4. The number of amides is 1. The summed E-state index contributed by atoms with van der Waals surface area (Å²) in [6, 6.07) is 5.63. The molecule has 1 amide bonds. The smallest absolute Gasteiger partial charge is 0.262 e. The van der Waals surface area contributed by atoms with Crippen LogP contribution in [0.2, 0.25) is 0 Å². The molecule has 4 nitrogen and oxygen atoms in total. The summed E-state index contributed by atoms with van der Waals surface area (Å²) in [5.41, 5.74) is 6.16. The lowest BCUT2D eigenvalue weighted by Crippen LogP contribution is -2.10. The fraction of sp³-hybridized carbons (Fsp3) is 0. The first-order valence-corrected chi connectivity index (χ1v) is 4.84. The number of carbonyl (C=O) groups is 1. The first-order chi connectivity index (χ1) is 7.18. The Morgan fingerprint density at radius 1 is 1.33 bits per heavy atom. The molecule has 1 aromatic heterocycles. The average molecular weight is 223 g/mol. The van der Waals surface area contributed by atoms with Crippen molar-refractivity contribution >= 4 is 17.4 Å². The molecule has 0 fully saturated rings. The molecule has 15 heavy (non-hydrogen) atoms. The van der Waals surface area contributed by atoms with Gasteiger partial charge in [0.05, 0.1) is 0 Å². The lowest BCUT2D eigenvalue weighted by molar-refractivity contribution is 0.100. The maximum atomic E-state index is 12.7. The first-order valence-electron chi connectivity index (χ1n) is 4.06. The van der Waals surface area contributed by atoms with E-state index in [1.54, 1.807) is 0 Å². The largest absolute Gasteiger partial charge is 0.365 e. The number of hydrogen-bond donors (Lipinski definition) is 1. The molecule has 1 aromatic carbocycles. The van der Waals surface area contributed by atoms with Crippen LogP contribution in [0.25, 0.3) is 11.3 Å². The number of rotatable bonds is 2. The number of aromatic nitrogens is 2. The van der Waals surface area contributed by atoms with Crippen LogP contribution in [0.4, 0.5) is 4.39 Å². The average Bonchev–Trinajstić information content (AvgIpc) is 2.67. The van der Waals surface area contributed by atoms with Gasteiger partial charge in [0.15, 0.2) is 0 Å². The molecule has 0 aliphatic heterocycles. The second-order valence-electron chi connectivity index (χ2n) is 2.82. The quantitative estimate of drug-likeness (QED) is 0.837. The van der Waals surface area contributed by atoms with Crippen molar-refractivity contribution in [3.05, 3.63) is 35.0 Å². The van der Waals surface area contributed by atoms with Crippen LogP contribution in [0.5, 0.6) is 0 Å². The Kier molecular flexibility index (Phi) is 2.42. The second kappa shape index (κ2) is 3.74. The Labute approximate surface area is 88.7 Å². The van der Waals surface area contributed by atoms with Crippen molar-refractivity contribution in [2.45, 2.75) is 0 Å². The van der Waals surface area contributed by atoms with Crippen molar-refractivity contribution in [1.29, 1.82) is 0 Å². The summed E-state index contributed by atoms with van der Waals surface area (Å²) in [5.74, 6) is -0.924. The molecule has 0 radical (unpaired) electrons. The van der Waals surface area contributed by atoms with Crippen LogP contribution in [-0.2, 0) is 0 Å². The molecule has 76 valence electrons. The van der Waals surface area contributed by atoms with Crippen molar-refractivity contribution < 1.29 is 9.18 Å². The minimum Gasteiger partial charge on any atom is -0.365 e. The molecule has 0 saturated heterocycles. The highest BCUT2D eigenvalue weighted by molar-refractivity contribution is 7.08. The SMILES string of the molecule is NC(=O)c1snnc1-c1ccc(F)cc1. The van der Waals surface area contributed by atoms with E-state index < -0.39 is 5.91 Å². The van der Waals surface area contributed by atoms with Gasteiger partial charge in [0.25, 0.3) is 5.91 Å². The monoisotopic (exact) mass is 223 g/mol. The normalized spacial score (nSPS) is 10.2. The van der Waals surface area contributed by atoms with Crippen LogP contribution in [0, 0.1) is 5.82 Å². The van der Waals surface area contributed by atoms with Gasteiger partial charge in [0, 0.05) is 5.56 Å².